The predicted octanol–water partition coefficient (Wildman–Crippen LogP) is 4.10. The Bertz CT molecular complexity index is 403. The Labute approximate surface area is 106 Å². The van der Waals surface area contributed by atoms with E-state index in [9.17, 15) is 8.78 Å². The van der Waals surface area contributed by atoms with E-state index in [1.165, 1.54) is 12.1 Å². The van der Waals surface area contributed by atoms with Crippen molar-refractivity contribution in [2.24, 2.45) is 0 Å². The average Bonchev–Trinajstić information content (AvgIpc) is 2.37. The molecule has 0 bridgehead atoms. The number of unbranched alkanes of at least 4 members (excludes halogenated alkanes) is 1. The van der Waals surface area contributed by atoms with Gasteiger partial charge in [-0.25, -0.2) is 0 Å². The van der Waals surface area contributed by atoms with Gasteiger partial charge in [0.1, 0.15) is 6.61 Å². The number of hydrogen-bond donors (Lipinski definition) is 0. The van der Waals surface area contributed by atoms with E-state index in [2.05, 4.69) is 0 Å². The molecule has 0 radical (unpaired) electrons. The maximum Gasteiger partial charge on any atom is 0.204 e. The number of ether oxygens (including phenoxy) is 2. The summed E-state index contributed by atoms with van der Waals surface area (Å²) in [5.41, 5.74) is 0. The molecule has 1 aromatic carbocycles. The molecule has 0 aliphatic rings. The Hall–Kier alpha value is -1.58. The molecule has 0 saturated heterocycles. The second-order valence-electron chi connectivity index (χ2n) is 3.77. The van der Waals surface area contributed by atoms with E-state index in [0.29, 0.717) is 6.61 Å². The summed E-state index contributed by atoms with van der Waals surface area (Å²) in [6.45, 7) is 4.41. The molecule has 1 aromatic rings. The Balaban J connectivity index is 2.71. The normalized spacial score (nSPS) is 10.9. The van der Waals surface area contributed by atoms with Crippen molar-refractivity contribution in [3.05, 3.63) is 35.9 Å². The van der Waals surface area contributed by atoms with Crippen molar-refractivity contribution < 1.29 is 18.3 Å². The molecule has 0 N–H and O–H groups in total. The van der Waals surface area contributed by atoms with Crippen LogP contribution in [0.5, 0.6) is 11.5 Å². The number of benzene rings is 1. The van der Waals surface area contributed by atoms with Gasteiger partial charge in [0.05, 0.1) is 6.61 Å². The molecule has 0 aliphatic carbocycles. The van der Waals surface area contributed by atoms with Crippen molar-refractivity contribution >= 4 is 0 Å². The van der Waals surface area contributed by atoms with E-state index < -0.39 is 11.6 Å². The molecule has 0 fully saturated rings. The van der Waals surface area contributed by atoms with E-state index in [-0.39, 0.29) is 18.1 Å². The minimum absolute atomic E-state index is 0.0701. The zero-order valence-corrected chi connectivity index (χ0v) is 10.7. The van der Waals surface area contributed by atoms with Crippen molar-refractivity contribution in [1.29, 1.82) is 0 Å². The molecular weight excluding hydrogens is 238 g/mol. The van der Waals surface area contributed by atoms with Crippen LogP contribution in [0.4, 0.5) is 8.78 Å². The third-order valence-electron chi connectivity index (χ3n) is 2.34. The Morgan fingerprint density at radius 3 is 2.28 bits per heavy atom. The maximum atomic E-state index is 13.6. The van der Waals surface area contributed by atoms with Crippen LogP contribution in [0.2, 0.25) is 0 Å². The standard InChI is InChI=1S/C14H18F2O2/c1-3-5-9-17-11-7-8-12(14(16)13(11)15)18-10-6-4-2/h3,5,7-8H,4,6,9-10H2,1-2H3/b5-3+. The van der Waals surface area contributed by atoms with Gasteiger partial charge in [-0.05, 0) is 25.5 Å². The molecule has 0 heterocycles. The fourth-order valence-electron chi connectivity index (χ4n) is 1.30. The van der Waals surface area contributed by atoms with E-state index in [1.54, 1.807) is 12.2 Å². The topological polar surface area (TPSA) is 18.5 Å². The first-order valence-corrected chi connectivity index (χ1v) is 6.05. The van der Waals surface area contributed by atoms with Crippen molar-refractivity contribution in [1.82, 2.24) is 0 Å². The quantitative estimate of drug-likeness (QED) is 0.540. The van der Waals surface area contributed by atoms with Crippen LogP contribution in [0.25, 0.3) is 0 Å². The highest BCUT2D eigenvalue weighted by molar-refractivity contribution is 5.35. The molecule has 4 heteroatoms. The zero-order valence-electron chi connectivity index (χ0n) is 10.7. The van der Waals surface area contributed by atoms with Gasteiger partial charge in [-0.15, -0.1) is 0 Å². The second-order valence-corrected chi connectivity index (χ2v) is 3.77. The number of halogens is 2. The molecule has 0 aliphatic heterocycles. The molecule has 0 atom stereocenters. The van der Waals surface area contributed by atoms with Crippen molar-refractivity contribution in [2.45, 2.75) is 26.7 Å². The Kier molecular flexibility index (Phi) is 6.19. The maximum absolute atomic E-state index is 13.6. The fraction of sp³-hybridized carbons (Fsp3) is 0.429. The molecule has 0 unspecified atom stereocenters. The summed E-state index contributed by atoms with van der Waals surface area (Å²) < 4.78 is 37.4. The van der Waals surface area contributed by atoms with Crippen molar-refractivity contribution in [3.63, 3.8) is 0 Å². The fourth-order valence-corrected chi connectivity index (χ4v) is 1.30. The van der Waals surface area contributed by atoms with Gasteiger partial charge in [0.25, 0.3) is 0 Å². The van der Waals surface area contributed by atoms with Gasteiger partial charge in [-0.2, -0.15) is 8.78 Å². The summed E-state index contributed by atoms with van der Waals surface area (Å²) in [4.78, 5) is 0. The summed E-state index contributed by atoms with van der Waals surface area (Å²) in [5, 5.41) is 0. The van der Waals surface area contributed by atoms with Gasteiger partial charge in [0.2, 0.25) is 11.6 Å². The first-order chi connectivity index (χ1) is 8.70. The van der Waals surface area contributed by atoms with E-state index in [0.717, 1.165) is 12.8 Å². The summed E-state index contributed by atoms with van der Waals surface area (Å²) >= 11 is 0. The van der Waals surface area contributed by atoms with Gasteiger partial charge in [0, 0.05) is 0 Å². The van der Waals surface area contributed by atoms with E-state index in [1.807, 2.05) is 13.8 Å². The highest BCUT2D eigenvalue weighted by Crippen LogP contribution is 2.27. The van der Waals surface area contributed by atoms with E-state index in [4.69, 9.17) is 9.47 Å². The lowest BCUT2D eigenvalue weighted by atomic mass is 10.3. The van der Waals surface area contributed by atoms with Crippen molar-refractivity contribution in [2.75, 3.05) is 13.2 Å². The van der Waals surface area contributed by atoms with Crippen LogP contribution in [-0.2, 0) is 0 Å². The molecule has 0 saturated carbocycles. The minimum atomic E-state index is -1.01. The van der Waals surface area contributed by atoms with Gasteiger partial charge >= 0.3 is 0 Å². The van der Waals surface area contributed by atoms with Gasteiger partial charge < -0.3 is 9.47 Å². The molecule has 0 amide bonds. The highest BCUT2D eigenvalue weighted by atomic mass is 19.2. The third-order valence-corrected chi connectivity index (χ3v) is 2.34. The summed E-state index contributed by atoms with van der Waals surface area (Å²) in [6.07, 6.45) is 5.23. The largest absolute Gasteiger partial charge is 0.490 e. The van der Waals surface area contributed by atoms with Gasteiger partial charge in [0.15, 0.2) is 11.5 Å². The zero-order chi connectivity index (χ0) is 13.4. The number of allylic oxidation sites excluding steroid dienone is 1. The van der Waals surface area contributed by atoms with Crippen LogP contribution in [0.3, 0.4) is 0 Å². The predicted molar refractivity (Wildman–Crippen MR) is 67.1 cm³/mol. The molecule has 18 heavy (non-hydrogen) atoms. The first-order valence-electron chi connectivity index (χ1n) is 6.05. The lowest BCUT2D eigenvalue weighted by Gasteiger charge is -2.10. The Morgan fingerprint density at radius 2 is 1.72 bits per heavy atom. The molecule has 0 spiro atoms. The van der Waals surface area contributed by atoms with E-state index >= 15 is 0 Å². The van der Waals surface area contributed by atoms with Crippen LogP contribution in [-0.4, -0.2) is 13.2 Å². The van der Waals surface area contributed by atoms with Gasteiger partial charge in [-0.1, -0.05) is 25.5 Å². The lowest BCUT2D eigenvalue weighted by Crippen LogP contribution is -2.03. The Morgan fingerprint density at radius 1 is 1.11 bits per heavy atom. The van der Waals surface area contributed by atoms with Crippen LogP contribution in [0.15, 0.2) is 24.3 Å². The number of rotatable bonds is 7. The van der Waals surface area contributed by atoms with Crippen LogP contribution in [0, 0.1) is 11.6 Å². The van der Waals surface area contributed by atoms with Crippen LogP contribution >= 0.6 is 0 Å². The molecule has 1 rings (SSSR count). The molecular formula is C14H18F2O2. The minimum Gasteiger partial charge on any atom is -0.490 e. The average molecular weight is 256 g/mol. The summed E-state index contributed by atoms with van der Waals surface area (Å²) in [5.74, 6) is -2.18. The monoisotopic (exact) mass is 256 g/mol. The highest BCUT2D eigenvalue weighted by Gasteiger charge is 2.15. The summed E-state index contributed by atoms with van der Waals surface area (Å²) in [6, 6.07) is 2.77. The van der Waals surface area contributed by atoms with Gasteiger partial charge in [-0.3, -0.25) is 0 Å². The molecule has 2 nitrogen and oxygen atoms in total. The number of hydrogen-bond acceptors (Lipinski definition) is 2. The molecule has 0 aromatic heterocycles. The third kappa shape index (κ3) is 4.02. The smallest absolute Gasteiger partial charge is 0.204 e. The SMILES string of the molecule is C/C=C/COc1ccc(OCCCC)c(F)c1F. The van der Waals surface area contributed by atoms with Crippen LogP contribution < -0.4 is 9.47 Å². The lowest BCUT2D eigenvalue weighted by molar-refractivity contribution is 0.280. The van der Waals surface area contributed by atoms with Crippen LogP contribution in [0.1, 0.15) is 26.7 Å². The second kappa shape index (κ2) is 7.69. The van der Waals surface area contributed by atoms with Crippen molar-refractivity contribution in [3.8, 4) is 11.5 Å². The first kappa shape index (κ1) is 14.5. The molecule has 100 valence electrons. The summed E-state index contributed by atoms with van der Waals surface area (Å²) in [7, 11) is 0.